The smallest absolute Gasteiger partial charge is 0.541 e. The van der Waals surface area contributed by atoms with Gasteiger partial charge in [0.15, 0.2) is 10.3 Å². The molecule has 2 aliphatic rings. The number of rotatable bonds is 8. The monoisotopic (exact) mass is 956 g/mol. The maximum absolute atomic E-state index is 12.9. The summed E-state index contributed by atoms with van der Waals surface area (Å²) in [5.74, 6) is -3.55. The third kappa shape index (κ3) is 13.0. The molecule has 340 valence electrons. The van der Waals surface area contributed by atoms with E-state index in [1.165, 1.54) is 43.9 Å². The number of piperazine rings is 2. The van der Waals surface area contributed by atoms with Crippen LogP contribution in [0.2, 0.25) is 10.3 Å². The molecule has 65 heavy (non-hydrogen) atoms. The van der Waals surface area contributed by atoms with Crippen LogP contribution in [0.4, 0.5) is 0 Å². The molecule has 2 aliphatic heterocycles. The van der Waals surface area contributed by atoms with Crippen LogP contribution in [0.25, 0.3) is 21.8 Å². The first-order valence-electron chi connectivity index (χ1n) is 18.8. The van der Waals surface area contributed by atoms with Gasteiger partial charge in [-0.05, 0) is 24.3 Å². The van der Waals surface area contributed by atoms with Crippen LogP contribution in [0.15, 0.2) is 85.5 Å². The summed E-state index contributed by atoms with van der Waals surface area (Å²) in [5, 5.41) is 14.8. The summed E-state index contributed by atoms with van der Waals surface area (Å²) in [6.07, 6.45) is 5.40. The molecule has 3 N–H and O–H groups in total. The molecule has 0 aliphatic carbocycles. The molecule has 0 saturated carbocycles. The van der Waals surface area contributed by atoms with E-state index in [0.717, 1.165) is 31.7 Å². The number of ether oxygens (including phenoxy) is 2. The number of aromatic nitrogens is 4. The molecule has 4 aromatic heterocycles. The molecule has 3 amide bonds. The number of pyridine rings is 2. The van der Waals surface area contributed by atoms with Crippen LogP contribution in [0.3, 0.4) is 0 Å². The number of fused-ring (bicyclic) bond motifs is 2. The second-order valence-corrected chi connectivity index (χ2v) is 14.2. The van der Waals surface area contributed by atoms with Gasteiger partial charge in [0.25, 0.3) is 23.5 Å². The van der Waals surface area contributed by atoms with Crippen LogP contribution in [0, 0.1) is 0 Å². The average molecular weight is 958 g/mol. The van der Waals surface area contributed by atoms with E-state index in [1.54, 1.807) is 17.0 Å². The molecular weight excluding hydrogens is 907 g/mol. The Morgan fingerprint density at radius 1 is 0.600 bits per heavy atom. The number of aromatic amines is 2. The summed E-state index contributed by atoms with van der Waals surface area (Å²) in [6.45, 7) is 4.72. The Morgan fingerprint density at radius 2 is 0.985 bits per heavy atom. The number of aliphatic carboxylic acids is 1. The van der Waals surface area contributed by atoms with Crippen molar-refractivity contribution in [3.8, 4) is 11.5 Å². The quantitative estimate of drug-likeness (QED) is 0.0865. The van der Waals surface area contributed by atoms with Gasteiger partial charge in [-0.3, -0.25) is 24.0 Å². The van der Waals surface area contributed by atoms with Crippen LogP contribution >= 0.6 is 23.2 Å². The third-order valence-electron chi connectivity index (χ3n) is 9.86. The van der Waals surface area contributed by atoms with E-state index in [9.17, 15) is 33.9 Å². The molecule has 6 aromatic rings. The largest absolute Gasteiger partial charge is 1.00 e. The Labute approximate surface area is 429 Å². The summed E-state index contributed by atoms with van der Waals surface area (Å²) < 4.78 is 10.3. The van der Waals surface area contributed by atoms with Gasteiger partial charge in [-0.15, -0.1) is 0 Å². The van der Waals surface area contributed by atoms with Crippen molar-refractivity contribution in [1.29, 1.82) is 0 Å². The number of nitrogens with zero attached hydrogens (tertiary/aromatic N) is 5. The number of nitrogens with one attached hydrogen (secondary N) is 3. The summed E-state index contributed by atoms with van der Waals surface area (Å²) in [7, 11) is 2.83. The molecule has 2 fully saturated rings. The molecule has 0 unspecified atom stereocenters. The average Bonchev–Trinajstić information content (AvgIpc) is 3.97. The van der Waals surface area contributed by atoms with Crippen molar-refractivity contribution in [2.24, 2.45) is 0 Å². The van der Waals surface area contributed by atoms with Crippen LogP contribution in [0.5, 0.6) is 11.5 Å². The number of hydrogen-bond donors (Lipinski definition) is 3. The molecule has 0 bridgehead atoms. The zero-order valence-electron chi connectivity index (χ0n) is 33.9. The fraction of sp³-hybridized carbons (Fsp3) is 0.289. The van der Waals surface area contributed by atoms with Gasteiger partial charge in [0.2, 0.25) is 5.78 Å². The standard InChI is InChI=1S/C21H19ClN4O4.C11H14N2O.C10H7ClN2O4.3CH4.K/c1-30-15-12-24-19(22)17-16(15)14(11-23-17)18(27)21(29)26-9-7-25(8-10-26)20(28)13-5-3-2-4-6-13;14-11(10-4-2-1-3-5-10)13-8-6-12-7-9-13;1-17-5-3-13-9(11)7-6(5)4(2-12-7)8(14)10(15)16;;;;/h2-6,11-12,23H,7-10H2,1H3;1-5,12H,6-9H2;2-3,12H,1H3,(H,15,16);3*1H4;/q;;;;;;+1/p-1. The molecule has 20 heteroatoms. The van der Waals surface area contributed by atoms with Gasteiger partial charge in [0, 0.05) is 75.9 Å². The Kier molecular flexibility index (Phi) is 22.5. The first-order valence-corrected chi connectivity index (χ1v) is 19.6. The van der Waals surface area contributed by atoms with Crippen molar-refractivity contribution < 1.29 is 94.7 Å². The third-order valence-corrected chi connectivity index (χ3v) is 10.4. The summed E-state index contributed by atoms with van der Waals surface area (Å²) in [6, 6.07) is 18.4. The number of carbonyl (C=O) groups is 6. The summed E-state index contributed by atoms with van der Waals surface area (Å²) in [5.41, 5.74) is 2.28. The van der Waals surface area contributed by atoms with Crippen LogP contribution in [-0.4, -0.2) is 136 Å². The number of methoxy groups -OCH3 is 2. The second kappa shape index (κ2) is 26.1. The first kappa shape index (κ1) is 55.9. The Balaban J connectivity index is 0.000000355. The van der Waals surface area contributed by atoms with Gasteiger partial charge < -0.3 is 49.4 Å². The zero-order chi connectivity index (χ0) is 43.6. The molecular formula is C45H51Cl2KN8O9. The van der Waals surface area contributed by atoms with Gasteiger partial charge in [-0.1, -0.05) is 81.9 Å². The number of carboxylic acids is 1. The Morgan fingerprint density at radius 3 is 1.38 bits per heavy atom. The number of carbonyl (C=O) groups excluding carboxylic acids is 6. The molecule has 0 radical (unpaired) electrons. The maximum atomic E-state index is 12.9. The molecule has 0 atom stereocenters. The summed E-state index contributed by atoms with van der Waals surface area (Å²) in [4.78, 5) is 90.6. The molecule has 6 heterocycles. The number of halogens is 2. The Bertz CT molecular complexity index is 2580. The number of amides is 3. The topological polar surface area (TPSA) is 223 Å². The zero-order valence-corrected chi connectivity index (χ0v) is 38.5. The predicted molar refractivity (Wildman–Crippen MR) is 243 cm³/mol. The Hall–Kier alpha value is -5.18. The fourth-order valence-corrected chi connectivity index (χ4v) is 7.11. The number of hydrogen-bond acceptors (Lipinski definition) is 12. The SMILES string of the molecule is C.C.C.COc1cnc(Cl)c2[nH]cc(C(=O)C(=O)N3CCN(C(=O)c4ccccc4)CC3)c12.COc1cnc(Cl)c2[nH]cc(C(=O)C(=O)[O-])c12.O=C(c1ccccc1)N1CCNCC1.[K+]. The van der Waals surface area contributed by atoms with Crippen molar-refractivity contribution in [3.63, 3.8) is 0 Å². The number of Topliss-reactive ketones (excluding diaryl/α,β-unsaturated/α-hetero) is 2. The van der Waals surface area contributed by atoms with Crippen molar-refractivity contribution in [1.82, 2.24) is 40.0 Å². The van der Waals surface area contributed by atoms with Crippen LogP contribution in [-0.2, 0) is 9.59 Å². The second-order valence-electron chi connectivity index (χ2n) is 13.4. The molecule has 0 spiro atoms. The number of H-pyrrole nitrogens is 2. The van der Waals surface area contributed by atoms with Gasteiger partial charge in [-0.25, -0.2) is 9.97 Å². The van der Waals surface area contributed by atoms with E-state index in [0.29, 0.717) is 40.8 Å². The molecule has 2 aromatic carbocycles. The van der Waals surface area contributed by atoms with Crippen molar-refractivity contribution in [2.75, 3.05) is 66.6 Å². The van der Waals surface area contributed by atoms with Crippen molar-refractivity contribution >= 4 is 80.3 Å². The van der Waals surface area contributed by atoms with Crippen LogP contribution in [0.1, 0.15) is 63.7 Å². The van der Waals surface area contributed by atoms with Gasteiger partial charge in [0.1, 0.15) is 17.5 Å². The van der Waals surface area contributed by atoms with E-state index in [4.69, 9.17) is 32.7 Å². The first-order chi connectivity index (χ1) is 29.4. The fourth-order valence-electron chi connectivity index (χ4n) is 6.72. The minimum absolute atomic E-state index is 0. The van der Waals surface area contributed by atoms with Crippen molar-refractivity contribution in [2.45, 2.75) is 22.3 Å². The minimum atomic E-state index is -1.79. The van der Waals surface area contributed by atoms with Gasteiger partial charge >= 0.3 is 51.4 Å². The van der Waals surface area contributed by atoms with Crippen LogP contribution < -0.4 is 71.3 Å². The predicted octanol–water partition coefficient (Wildman–Crippen LogP) is 2.19. The molecule has 17 nitrogen and oxygen atoms in total. The summed E-state index contributed by atoms with van der Waals surface area (Å²) >= 11 is 11.9. The van der Waals surface area contributed by atoms with E-state index >= 15 is 0 Å². The van der Waals surface area contributed by atoms with E-state index in [-0.39, 0.29) is 131 Å². The van der Waals surface area contributed by atoms with E-state index in [2.05, 4.69) is 25.3 Å². The molecule has 8 rings (SSSR count). The van der Waals surface area contributed by atoms with E-state index < -0.39 is 23.4 Å². The van der Waals surface area contributed by atoms with Gasteiger partial charge in [-0.2, -0.15) is 0 Å². The van der Waals surface area contributed by atoms with Gasteiger partial charge in [0.05, 0.1) is 59.5 Å². The number of benzene rings is 2. The number of carboxylic acid groups (broad SMARTS) is 1. The number of ketones is 2. The van der Waals surface area contributed by atoms with E-state index in [1.807, 2.05) is 53.4 Å². The van der Waals surface area contributed by atoms with Crippen molar-refractivity contribution in [3.05, 3.63) is 118 Å². The normalized spacial score (nSPS) is 12.8. The minimum Gasteiger partial charge on any atom is -0.541 e. The molecule has 2 saturated heterocycles. The maximum Gasteiger partial charge on any atom is 1.00 e.